The van der Waals surface area contributed by atoms with Gasteiger partial charge in [0.1, 0.15) is 0 Å². The molecule has 1 N–H and O–H groups in total. The Hall–Kier alpha value is -0.180. The Morgan fingerprint density at radius 1 is 1.50 bits per heavy atom. The second kappa shape index (κ2) is 4.56. The Kier molecular flexibility index (Phi) is 3.37. The number of halogens is 1. The van der Waals surface area contributed by atoms with Crippen molar-refractivity contribution in [2.45, 2.75) is 24.8 Å². The maximum atomic E-state index is 6.14. The second-order valence-corrected chi connectivity index (χ2v) is 5.05. The summed E-state index contributed by atoms with van der Waals surface area (Å²) in [6, 6.07) is 8.72. The molecule has 2 atom stereocenters. The first-order valence-corrected chi connectivity index (χ1v) is 6.36. The molecule has 0 bridgehead atoms. The van der Waals surface area contributed by atoms with Crippen LogP contribution in [-0.4, -0.2) is 11.8 Å². The molecule has 1 aromatic carbocycles. The highest BCUT2D eigenvalue weighted by molar-refractivity contribution is 7.99. The molecule has 0 aliphatic carbocycles. The van der Waals surface area contributed by atoms with Crippen LogP contribution in [0.25, 0.3) is 0 Å². The Labute approximate surface area is 94.2 Å². The minimum absolute atomic E-state index is 0.383. The van der Waals surface area contributed by atoms with E-state index in [-0.39, 0.29) is 0 Å². The first-order chi connectivity index (χ1) is 6.81. The van der Waals surface area contributed by atoms with Gasteiger partial charge in [0.15, 0.2) is 0 Å². The Morgan fingerprint density at radius 3 is 2.93 bits per heavy atom. The molecule has 0 spiro atoms. The Morgan fingerprint density at radius 2 is 2.29 bits per heavy atom. The lowest BCUT2D eigenvalue weighted by molar-refractivity contribution is 0.561. The molecule has 0 aromatic heterocycles. The third-order valence-corrected chi connectivity index (χ3v) is 4.19. The molecule has 2 unspecified atom stereocenters. The van der Waals surface area contributed by atoms with Gasteiger partial charge in [-0.25, -0.2) is 0 Å². The fourth-order valence-electron chi connectivity index (χ4n) is 1.63. The van der Waals surface area contributed by atoms with E-state index in [4.69, 9.17) is 11.6 Å². The van der Waals surface area contributed by atoms with Crippen molar-refractivity contribution in [2.24, 2.45) is 0 Å². The van der Waals surface area contributed by atoms with Gasteiger partial charge in [0.25, 0.3) is 0 Å². The lowest BCUT2D eigenvalue weighted by atomic mass is 10.2. The number of rotatable bonds is 2. The van der Waals surface area contributed by atoms with Crippen LogP contribution in [0.5, 0.6) is 0 Å². The van der Waals surface area contributed by atoms with Gasteiger partial charge in [-0.05, 0) is 18.1 Å². The van der Waals surface area contributed by atoms with Gasteiger partial charge in [0.2, 0.25) is 0 Å². The third-order valence-electron chi connectivity index (χ3n) is 2.53. The van der Waals surface area contributed by atoms with Crippen LogP contribution in [-0.2, 0) is 0 Å². The molecule has 0 radical (unpaired) electrons. The average molecular weight is 228 g/mol. The smallest absolute Gasteiger partial charge is 0.0806 e. The number of nitrogens with one attached hydrogen (secondary N) is 1. The van der Waals surface area contributed by atoms with Crippen molar-refractivity contribution < 1.29 is 0 Å². The van der Waals surface area contributed by atoms with Crippen molar-refractivity contribution in [3.8, 4) is 0 Å². The Bertz CT molecular complexity index is 316. The molecule has 1 saturated heterocycles. The average Bonchev–Trinajstić information content (AvgIpc) is 2.67. The van der Waals surface area contributed by atoms with Crippen LogP contribution in [0.3, 0.4) is 0 Å². The summed E-state index contributed by atoms with van der Waals surface area (Å²) in [7, 11) is 0. The molecule has 1 fully saturated rings. The van der Waals surface area contributed by atoms with Crippen LogP contribution in [0.4, 0.5) is 0 Å². The largest absolute Gasteiger partial charge is 0.298 e. The van der Waals surface area contributed by atoms with Crippen molar-refractivity contribution in [1.82, 2.24) is 5.32 Å². The predicted octanol–water partition coefficient (Wildman–Crippen LogP) is 3.45. The van der Waals surface area contributed by atoms with Gasteiger partial charge in [-0.1, -0.05) is 36.7 Å². The van der Waals surface area contributed by atoms with Crippen molar-refractivity contribution in [1.29, 1.82) is 0 Å². The minimum Gasteiger partial charge on any atom is -0.298 e. The van der Waals surface area contributed by atoms with Crippen molar-refractivity contribution in [2.75, 3.05) is 5.75 Å². The van der Waals surface area contributed by atoms with Crippen LogP contribution in [0, 0.1) is 0 Å². The molecule has 3 heteroatoms. The van der Waals surface area contributed by atoms with Gasteiger partial charge in [-0.2, -0.15) is 0 Å². The quantitative estimate of drug-likeness (QED) is 0.831. The summed E-state index contributed by atoms with van der Waals surface area (Å²) in [5, 5.41) is 4.83. The van der Waals surface area contributed by atoms with Gasteiger partial charge in [-0.15, -0.1) is 11.8 Å². The first kappa shape index (κ1) is 10.3. The maximum Gasteiger partial charge on any atom is 0.0806 e. The predicted molar refractivity (Wildman–Crippen MR) is 63.9 cm³/mol. The summed E-state index contributed by atoms with van der Waals surface area (Å²) in [4.78, 5) is 0. The normalized spacial score (nSPS) is 26.7. The molecule has 0 saturated carbocycles. The van der Waals surface area contributed by atoms with Crippen molar-refractivity contribution in [3.05, 3.63) is 34.9 Å². The first-order valence-electron chi connectivity index (χ1n) is 4.93. The maximum absolute atomic E-state index is 6.14. The van der Waals surface area contributed by atoms with E-state index in [9.17, 15) is 0 Å². The minimum atomic E-state index is 0.383. The van der Waals surface area contributed by atoms with Gasteiger partial charge >= 0.3 is 0 Å². The molecule has 1 aromatic rings. The molecule has 0 amide bonds. The molecule has 2 rings (SSSR count). The van der Waals surface area contributed by atoms with E-state index in [1.54, 1.807) is 0 Å². The highest BCUT2D eigenvalue weighted by Crippen LogP contribution is 2.36. The summed E-state index contributed by atoms with van der Waals surface area (Å²) >= 11 is 8.09. The van der Waals surface area contributed by atoms with Crippen molar-refractivity contribution in [3.63, 3.8) is 0 Å². The Balaban J connectivity index is 2.13. The molecular formula is C11H14ClNS. The second-order valence-electron chi connectivity index (χ2n) is 3.51. The molecule has 1 aliphatic heterocycles. The van der Waals surface area contributed by atoms with Gasteiger partial charge in [0.05, 0.1) is 5.37 Å². The fourth-order valence-corrected chi connectivity index (χ4v) is 3.37. The van der Waals surface area contributed by atoms with E-state index in [2.05, 4.69) is 18.3 Å². The molecule has 1 aliphatic rings. The van der Waals surface area contributed by atoms with E-state index in [1.807, 2.05) is 30.0 Å². The van der Waals surface area contributed by atoms with Gasteiger partial charge in [-0.3, -0.25) is 5.32 Å². The third kappa shape index (κ3) is 2.08. The van der Waals surface area contributed by atoms with E-state index >= 15 is 0 Å². The lowest BCUT2D eigenvalue weighted by Gasteiger charge is -2.13. The van der Waals surface area contributed by atoms with Crippen LogP contribution < -0.4 is 5.32 Å². The van der Waals surface area contributed by atoms with Crippen LogP contribution in [0.15, 0.2) is 24.3 Å². The zero-order chi connectivity index (χ0) is 9.97. The van der Waals surface area contributed by atoms with Crippen molar-refractivity contribution >= 4 is 23.4 Å². The van der Waals surface area contributed by atoms with Crippen LogP contribution in [0.2, 0.25) is 5.02 Å². The molecule has 1 heterocycles. The fraction of sp³-hybridized carbons (Fsp3) is 0.455. The van der Waals surface area contributed by atoms with Gasteiger partial charge in [0, 0.05) is 16.8 Å². The summed E-state index contributed by atoms with van der Waals surface area (Å²) in [5.41, 5.74) is 1.22. The van der Waals surface area contributed by atoms with E-state index in [0.717, 1.165) is 5.02 Å². The number of hydrogen-bond acceptors (Lipinski definition) is 2. The number of hydrogen-bond donors (Lipinski definition) is 1. The number of benzene rings is 1. The SMILES string of the molecule is CCC1CSC(c2ccccc2Cl)N1. The molecule has 1 nitrogen and oxygen atoms in total. The van der Waals surface area contributed by atoms with E-state index < -0.39 is 0 Å². The van der Waals surface area contributed by atoms with Crippen LogP contribution >= 0.6 is 23.4 Å². The molecule has 76 valence electrons. The lowest BCUT2D eigenvalue weighted by Crippen LogP contribution is -2.24. The zero-order valence-electron chi connectivity index (χ0n) is 8.16. The standard InChI is InChI=1S/C11H14ClNS/c1-2-8-7-14-11(13-8)9-5-3-4-6-10(9)12/h3-6,8,11,13H,2,7H2,1H3. The summed E-state index contributed by atoms with van der Waals surface area (Å²) in [6.07, 6.45) is 1.19. The van der Waals surface area contributed by atoms with E-state index in [0.29, 0.717) is 11.4 Å². The molecular weight excluding hydrogens is 214 g/mol. The topological polar surface area (TPSA) is 12.0 Å². The van der Waals surface area contributed by atoms with E-state index in [1.165, 1.54) is 17.7 Å². The van der Waals surface area contributed by atoms with Crippen LogP contribution in [0.1, 0.15) is 24.3 Å². The summed E-state index contributed by atoms with van der Waals surface area (Å²) < 4.78 is 0. The highest BCUT2D eigenvalue weighted by atomic mass is 35.5. The summed E-state index contributed by atoms with van der Waals surface area (Å²) in [5.74, 6) is 1.19. The number of thioether (sulfide) groups is 1. The summed E-state index contributed by atoms with van der Waals surface area (Å²) in [6.45, 7) is 2.22. The van der Waals surface area contributed by atoms with Gasteiger partial charge < -0.3 is 0 Å². The monoisotopic (exact) mass is 227 g/mol. The highest BCUT2D eigenvalue weighted by Gasteiger charge is 2.25. The zero-order valence-corrected chi connectivity index (χ0v) is 9.74. The molecule has 14 heavy (non-hydrogen) atoms.